The van der Waals surface area contributed by atoms with Crippen LogP contribution in [0.5, 0.6) is 5.75 Å². The van der Waals surface area contributed by atoms with Crippen molar-refractivity contribution < 1.29 is 4.74 Å². The van der Waals surface area contributed by atoms with Crippen LogP contribution in [0.2, 0.25) is 5.15 Å². The molecule has 0 aliphatic heterocycles. The molecule has 2 heterocycles. The van der Waals surface area contributed by atoms with Gasteiger partial charge in [0.2, 0.25) is 0 Å². The first-order chi connectivity index (χ1) is 12.5. The molecule has 0 fully saturated rings. The van der Waals surface area contributed by atoms with Gasteiger partial charge < -0.3 is 9.64 Å². The van der Waals surface area contributed by atoms with Crippen molar-refractivity contribution in [2.75, 3.05) is 33.5 Å². The van der Waals surface area contributed by atoms with Crippen molar-refractivity contribution >= 4 is 44.9 Å². The monoisotopic (exact) mass is 407 g/mol. The fourth-order valence-corrected chi connectivity index (χ4v) is 5.01. The van der Waals surface area contributed by atoms with Crippen molar-refractivity contribution in [2.45, 2.75) is 18.5 Å². The van der Waals surface area contributed by atoms with Gasteiger partial charge in [0.05, 0.1) is 12.5 Å². The number of thiophene rings is 1. The molecule has 0 saturated carbocycles. The van der Waals surface area contributed by atoms with E-state index in [0.717, 1.165) is 51.0 Å². The summed E-state index contributed by atoms with van der Waals surface area (Å²) in [7, 11) is 5.83. The Morgan fingerprint density at radius 1 is 1.19 bits per heavy atom. The molecule has 0 N–H and O–H groups in total. The summed E-state index contributed by atoms with van der Waals surface area (Å²) in [5, 5.41) is 2.22. The lowest BCUT2D eigenvalue weighted by molar-refractivity contribution is 0.410. The first-order valence-corrected chi connectivity index (χ1v) is 10.6. The summed E-state index contributed by atoms with van der Waals surface area (Å²) in [5.74, 6) is 1.82. The summed E-state index contributed by atoms with van der Waals surface area (Å²) in [6.45, 7) is 3.16. The summed E-state index contributed by atoms with van der Waals surface area (Å²) in [6.07, 6.45) is 1.09. The van der Waals surface area contributed by atoms with E-state index in [0.29, 0.717) is 5.15 Å². The molecule has 0 radical (unpaired) electrons. The van der Waals surface area contributed by atoms with Crippen molar-refractivity contribution in [3.8, 4) is 16.9 Å². The maximum atomic E-state index is 6.56. The number of nitrogens with zero attached hydrogens (tertiary/aromatic N) is 3. The second kappa shape index (κ2) is 8.57. The van der Waals surface area contributed by atoms with Crippen LogP contribution >= 0.6 is 34.7 Å². The molecule has 0 unspecified atom stereocenters. The van der Waals surface area contributed by atoms with Crippen LogP contribution in [0.15, 0.2) is 29.4 Å². The zero-order chi connectivity index (χ0) is 18.7. The number of hydrogen-bond donors (Lipinski definition) is 0. The quantitative estimate of drug-likeness (QED) is 0.228. The number of thioether (sulfide) groups is 1. The van der Waals surface area contributed by atoms with Gasteiger partial charge in [0.15, 0.2) is 5.16 Å². The number of fused-ring (bicyclic) bond motifs is 1. The van der Waals surface area contributed by atoms with Gasteiger partial charge >= 0.3 is 0 Å². The predicted molar refractivity (Wildman–Crippen MR) is 113 cm³/mol. The maximum absolute atomic E-state index is 6.56. The van der Waals surface area contributed by atoms with Crippen LogP contribution in [-0.2, 0) is 0 Å². The van der Waals surface area contributed by atoms with Gasteiger partial charge in [-0.3, -0.25) is 0 Å². The van der Waals surface area contributed by atoms with Gasteiger partial charge in [-0.05, 0) is 51.7 Å². The maximum Gasteiger partial charge on any atom is 0.190 e. The summed E-state index contributed by atoms with van der Waals surface area (Å²) >= 11 is 9.89. The van der Waals surface area contributed by atoms with Gasteiger partial charge in [0.25, 0.3) is 0 Å². The summed E-state index contributed by atoms with van der Waals surface area (Å²) in [5.41, 5.74) is 2.22. The van der Waals surface area contributed by atoms with Gasteiger partial charge in [0, 0.05) is 16.2 Å². The van der Waals surface area contributed by atoms with Crippen LogP contribution in [0.1, 0.15) is 11.3 Å². The van der Waals surface area contributed by atoms with E-state index in [1.165, 1.54) is 4.88 Å². The molecular formula is C19H22ClN3OS2. The van der Waals surface area contributed by atoms with Crippen LogP contribution in [0.4, 0.5) is 0 Å². The number of halogens is 1. The Morgan fingerprint density at radius 3 is 2.58 bits per heavy atom. The number of benzene rings is 1. The number of ether oxygens (including phenoxy) is 1. The Labute approximate surface area is 167 Å². The van der Waals surface area contributed by atoms with E-state index < -0.39 is 0 Å². The minimum Gasteiger partial charge on any atom is -0.497 e. The Hall–Kier alpha value is -1.34. The van der Waals surface area contributed by atoms with Gasteiger partial charge in [-0.15, -0.1) is 11.3 Å². The zero-order valence-electron chi connectivity index (χ0n) is 15.4. The SMILES string of the molecule is COc1ccc(-c2c(C)sc3nc(SCCCN(C)C)nc(Cl)c23)cc1. The Balaban J connectivity index is 1.90. The van der Waals surface area contributed by atoms with E-state index in [-0.39, 0.29) is 0 Å². The number of hydrogen-bond acceptors (Lipinski definition) is 6. The Bertz CT molecular complexity index is 894. The lowest BCUT2D eigenvalue weighted by atomic mass is 10.0. The lowest BCUT2D eigenvalue weighted by Crippen LogP contribution is -2.13. The standard InChI is InChI=1S/C19H22ClN3OS2/c1-12-15(13-6-8-14(24-4)9-7-13)16-17(20)21-19(22-18(16)26-12)25-11-5-10-23(2)3/h6-9H,5,10-11H2,1-4H3. The third kappa shape index (κ3) is 4.31. The molecule has 1 aromatic carbocycles. The summed E-state index contributed by atoms with van der Waals surface area (Å²) in [4.78, 5) is 13.6. The summed E-state index contributed by atoms with van der Waals surface area (Å²) in [6, 6.07) is 8.02. The molecule has 26 heavy (non-hydrogen) atoms. The highest BCUT2D eigenvalue weighted by Crippen LogP contribution is 2.41. The molecular weight excluding hydrogens is 386 g/mol. The van der Waals surface area contributed by atoms with Crippen LogP contribution < -0.4 is 4.74 Å². The first kappa shape index (κ1) is 19.4. The Kier molecular flexibility index (Phi) is 6.40. The lowest BCUT2D eigenvalue weighted by Gasteiger charge is -2.08. The zero-order valence-corrected chi connectivity index (χ0v) is 17.8. The molecule has 0 saturated heterocycles. The smallest absolute Gasteiger partial charge is 0.190 e. The summed E-state index contributed by atoms with van der Waals surface area (Å²) < 4.78 is 5.25. The average molecular weight is 408 g/mol. The third-order valence-electron chi connectivity index (χ3n) is 4.02. The second-order valence-electron chi connectivity index (χ2n) is 6.24. The van der Waals surface area contributed by atoms with E-state index in [1.54, 1.807) is 30.2 Å². The van der Waals surface area contributed by atoms with Crippen molar-refractivity contribution in [1.29, 1.82) is 0 Å². The third-order valence-corrected chi connectivity index (χ3v) is 6.23. The molecule has 0 atom stereocenters. The molecule has 138 valence electrons. The van der Waals surface area contributed by atoms with Crippen LogP contribution in [0.3, 0.4) is 0 Å². The van der Waals surface area contributed by atoms with E-state index in [9.17, 15) is 0 Å². The molecule has 7 heteroatoms. The fourth-order valence-electron chi connectivity index (χ4n) is 2.77. The van der Waals surface area contributed by atoms with Gasteiger partial charge in [-0.2, -0.15) is 0 Å². The number of aromatic nitrogens is 2. The van der Waals surface area contributed by atoms with Crippen molar-refractivity contribution in [2.24, 2.45) is 0 Å². The highest BCUT2D eigenvalue weighted by atomic mass is 35.5. The molecule has 3 aromatic rings. The van der Waals surface area contributed by atoms with E-state index in [4.69, 9.17) is 21.3 Å². The molecule has 0 amide bonds. The van der Waals surface area contributed by atoms with Crippen LogP contribution in [0, 0.1) is 6.92 Å². The topological polar surface area (TPSA) is 38.2 Å². The molecule has 4 nitrogen and oxygen atoms in total. The van der Waals surface area contributed by atoms with E-state index >= 15 is 0 Å². The molecule has 3 rings (SSSR count). The normalized spacial score (nSPS) is 11.5. The minimum atomic E-state index is 0.528. The van der Waals surface area contributed by atoms with Crippen LogP contribution in [-0.4, -0.2) is 48.4 Å². The fraction of sp³-hybridized carbons (Fsp3) is 0.368. The number of rotatable bonds is 7. The molecule has 0 aliphatic carbocycles. The number of aryl methyl sites for hydroxylation is 1. The van der Waals surface area contributed by atoms with Crippen molar-refractivity contribution in [3.63, 3.8) is 0 Å². The van der Waals surface area contributed by atoms with Crippen LogP contribution in [0.25, 0.3) is 21.3 Å². The molecule has 0 spiro atoms. The molecule has 0 aliphatic rings. The second-order valence-corrected chi connectivity index (χ2v) is 8.87. The Morgan fingerprint density at radius 2 is 1.92 bits per heavy atom. The number of methoxy groups -OCH3 is 1. The van der Waals surface area contributed by atoms with Crippen molar-refractivity contribution in [1.82, 2.24) is 14.9 Å². The average Bonchev–Trinajstić information content (AvgIpc) is 2.95. The molecule has 0 bridgehead atoms. The van der Waals surface area contributed by atoms with Gasteiger partial charge in [-0.1, -0.05) is 35.5 Å². The van der Waals surface area contributed by atoms with Crippen molar-refractivity contribution in [3.05, 3.63) is 34.3 Å². The highest BCUT2D eigenvalue weighted by Gasteiger charge is 2.17. The van der Waals surface area contributed by atoms with E-state index in [2.05, 4.69) is 30.9 Å². The van der Waals surface area contributed by atoms with Gasteiger partial charge in [-0.25, -0.2) is 9.97 Å². The van der Waals surface area contributed by atoms with E-state index in [1.807, 2.05) is 24.3 Å². The first-order valence-electron chi connectivity index (χ1n) is 8.38. The minimum absolute atomic E-state index is 0.528. The van der Waals surface area contributed by atoms with Gasteiger partial charge in [0.1, 0.15) is 15.7 Å². The largest absolute Gasteiger partial charge is 0.497 e. The molecule has 2 aromatic heterocycles. The highest BCUT2D eigenvalue weighted by molar-refractivity contribution is 7.99. The predicted octanol–water partition coefficient (Wildman–Crippen LogP) is 5.37.